The van der Waals surface area contributed by atoms with Crippen LogP contribution in [0.1, 0.15) is 21.6 Å². The first-order chi connectivity index (χ1) is 15.2. The average molecular weight is 464 g/mol. The number of fused-ring (bicyclic) bond motifs is 2. The Kier molecular flexibility index (Phi) is 5.22. The largest absolute Gasteiger partial charge is 0.320 e. The van der Waals surface area contributed by atoms with Crippen LogP contribution in [0.2, 0.25) is 0 Å². The Hall–Kier alpha value is -3.53. The number of nitrogens with one attached hydrogen (secondary N) is 4. The van der Waals surface area contributed by atoms with Crippen molar-refractivity contribution >= 4 is 46.2 Å². The topological polar surface area (TPSA) is 111 Å². The molecule has 4 N–H and O–H groups in total. The molecule has 0 aliphatic carbocycles. The van der Waals surface area contributed by atoms with Crippen molar-refractivity contribution in [3.63, 3.8) is 0 Å². The van der Waals surface area contributed by atoms with Gasteiger partial charge in [-0.3, -0.25) is 15.0 Å². The van der Waals surface area contributed by atoms with Crippen LogP contribution in [0.15, 0.2) is 54.3 Å². The minimum atomic E-state index is -0.256. The number of carbonyl (C=O) groups excluding carboxylic acids is 1. The van der Waals surface area contributed by atoms with Crippen LogP contribution < -0.4 is 10.6 Å². The quantitative estimate of drug-likeness (QED) is 0.316. The summed E-state index contributed by atoms with van der Waals surface area (Å²) in [5.74, 6) is -0.256. The minimum absolute atomic E-state index is 0. The molecule has 3 aromatic heterocycles. The predicted molar refractivity (Wildman–Crippen MR) is 127 cm³/mol. The zero-order valence-electron chi connectivity index (χ0n) is 16.7. The van der Waals surface area contributed by atoms with Gasteiger partial charge in [0, 0.05) is 41.2 Å². The Morgan fingerprint density at radius 3 is 2.81 bits per heavy atom. The van der Waals surface area contributed by atoms with Crippen molar-refractivity contribution in [1.82, 2.24) is 30.7 Å². The first-order valence-corrected chi connectivity index (χ1v) is 10.7. The highest BCUT2D eigenvalue weighted by Crippen LogP contribution is 2.34. The lowest BCUT2D eigenvalue weighted by Crippen LogP contribution is -2.13. The molecular weight excluding hydrogens is 446 g/mol. The number of H-pyrrole nitrogens is 2. The van der Waals surface area contributed by atoms with Crippen LogP contribution in [0.3, 0.4) is 0 Å². The molecule has 2 aromatic carbocycles. The van der Waals surface area contributed by atoms with E-state index in [1.54, 1.807) is 24.0 Å². The molecule has 0 saturated heterocycles. The summed E-state index contributed by atoms with van der Waals surface area (Å²) in [5.41, 5.74) is 7.40. The number of anilines is 1. The number of nitrogens with zero attached hydrogens (tertiary/aromatic N) is 3. The number of amides is 1. The zero-order valence-corrected chi connectivity index (χ0v) is 18.3. The monoisotopic (exact) mass is 463 g/mol. The standard InChI is InChI=1S/C22H17N7OS.ClH/c30-21(20-11-31-22(28-20)16-9-24-25-10-16)27-19-5-18-15(8-26-29-18)4-17(19)12-1-2-13-6-23-7-14(13)3-12;/h1-5,8-11,23H,6-7H2,(H,24,25)(H,26,29)(H,27,30);1H. The van der Waals surface area contributed by atoms with Crippen molar-refractivity contribution < 1.29 is 4.79 Å². The van der Waals surface area contributed by atoms with Gasteiger partial charge in [-0.2, -0.15) is 10.2 Å². The molecule has 5 aromatic rings. The highest BCUT2D eigenvalue weighted by molar-refractivity contribution is 7.13. The highest BCUT2D eigenvalue weighted by Gasteiger charge is 2.18. The first-order valence-electron chi connectivity index (χ1n) is 9.81. The molecule has 6 rings (SSSR count). The molecule has 0 spiro atoms. The summed E-state index contributed by atoms with van der Waals surface area (Å²) >= 11 is 1.41. The van der Waals surface area contributed by atoms with Crippen molar-refractivity contribution in [2.45, 2.75) is 13.1 Å². The van der Waals surface area contributed by atoms with Gasteiger partial charge in [0.15, 0.2) is 0 Å². The summed E-state index contributed by atoms with van der Waals surface area (Å²) in [6.45, 7) is 1.75. The summed E-state index contributed by atoms with van der Waals surface area (Å²) in [6, 6.07) is 10.4. The van der Waals surface area contributed by atoms with Gasteiger partial charge in [-0.25, -0.2) is 4.98 Å². The maximum absolute atomic E-state index is 13.0. The highest BCUT2D eigenvalue weighted by atomic mass is 35.5. The second-order valence-corrected chi connectivity index (χ2v) is 8.28. The van der Waals surface area contributed by atoms with E-state index in [9.17, 15) is 4.79 Å². The zero-order chi connectivity index (χ0) is 20.8. The number of carbonyl (C=O) groups is 1. The Morgan fingerprint density at radius 1 is 1.03 bits per heavy atom. The number of hydrogen-bond donors (Lipinski definition) is 4. The molecular formula is C22H18ClN7OS. The summed E-state index contributed by atoms with van der Waals surface area (Å²) in [4.78, 5) is 17.5. The fourth-order valence-corrected chi connectivity index (χ4v) is 4.64. The van der Waals surface area contributed by atoms with Crippen LogP contribution in [0.4, 0.5) is 5.69 Å². The lowest BCUT2D eigenvalue weighted by molar-refractivity contribution is 0.102. The van der Waals surface area contributed by atoms with E-state index in [0.29, 0.717) is 11.4 Å². The fraction of sp³-hybridized carbons (Fsp3) is 0.0909. The number of halogens is 1. The van der Waals surface area contributed by atoms with E-state index in [1.807, 2.05) is 6.07 Å². The number of aromatic nitrogens is 5. The van der Waals surface area contributed by atoms with Gasteiger partial charge in [0.2, 0.25) is 0 Å². The van der Waals surface area contributed by atoms with Gasteiger partial charge >= 0.3 is 0 Å². The number of aromatic amines is 2. The van der Waals surface area contributed by atoms with Crippen molar-refractivity contribution in [2.75, 3.05) is 5.32 Å². The van der Waals surface area contributed by atoms with Crippen LogP contribution in [0.25, 0.3) is 32.6 Å². The third kappa shape index (κ3) is 3.56. The molecule has 160 valence electrons. The molecule has 0 atom stereocenters. The van der Waals surface area contributed by atoms with Crippen molar-refractivity contribution in [1.29, 1.82) is 0 Å². The maximum Gasteiger partial charge on any atom is 0.275 e. The van der Waals surface area contributed by atoms with E-state index >= 15 is 0 Å². The normalized spacial score (nSPS) is 12.5. The fourth-order valence-electron chi connectivity index (χ4n) is 3.86. The van der Waals surface area contributed by atoms with Crippen LogP contribution in [-0.4, -0.2) is 31.3 Å². The molecule has 1 aliphatic heterocycles. The lowest BCUT2D eigenvalue weighted by Gasteiger charge is -2.12. The molecule has 0 unspecified atom stereocenters. The molecule has 0 saturated carbocycles. The van der Waals surface area contributed by atoms with Gasteiger partial charge in [0.05, 0.1) is 23.6 Å². The smallest absolute Gasteiger partial charge is 0.275 e. The summed E-state index contributed by atoms with van der Waals surface area (Å²) < 4.78 is 0. The van der Waals surface area contributed by atoms with E-state index in [4.69, 9.17) is 0 Å². The second-order valence-electron chi connectivity index (χ2n) is 7.42. The van der Waals surface area contributed by atoms with Gasteiger partial charge < -0.3 is 10.6 Å². The van der Waals surface area contributed by atoms with Crippen LogP contribution in [-0.2, 0) is 13.1 Å². The van der Waals surface area contributed by atoms with E-state index in [1.165, 1.54) is 22.5 Å². The Morgan fingerprint density at radius 2 is 1.94 bits per heavy atom. The Balaban J connectivity index is 0.00000216. The molecule has 10 heteroatoms. The minimum Gasteiger partial charge on any atom is -0.320 e. The van der Waals surface area contributed by atoms with Crippen LogP contribution in [0, 0.1) is 0 Å². The second kappa shape index (κ2) is 8.19. The lowest BCUT2D eigenvalue weighted by atomic mass is 9.98. The molecule has 0 radical (unpaired) electrons. The molecule has 4 heterocycles. The third-order valence-corrected chi connectivity index (χ3v) is 6.35. The summed E-state index contributed by atoms with van der Waals surface area (Å²) in [6.07, 6.45) is 5.23. The predicted octanol–water partition coefficient (Wildman–Crippen LogP) is 4.35. The average Bonchev–Trinajstić information content (AvgIpc) is 3.59. The van der Waals surface area contributed by atoms with Crippen molar-refractivity contribution in [3.05, 3.63) is 71.1 Å². The van der Waals surface area contributed by atoms with E-state index in [2.05, 4.69) is 60.3 Å². The van der Waals surface area contributed by atoms with Gasteiger partial charge in [0.1, 0.15) is 10.7 Å². The Bertz CT molecular complexity index is 1420. The number of benzene rings is 2. The van der Waals surface area contributed by atoms with Crippen LogP contribution in [0.5, 0.6) is 0 Å². The van der Waals surface area contributed by atoms with Gasteiger partial charge in [-0.15, -0.1) is 23.7 Å². The molecule has 0 fully saturated rings. The molecule has 1 amide bonds. The number of thiazole rings is 1. The van der Waals surface area contributed by atoms with Gasteiger partial charge in [0.25, 0.3) is 5.91 Å². The van der Waals surface area contributed by atoms with Crippen molar-refractivity contribution in [2.24, 2.45) is 0 Å². The molecule has 8 nitrogen and oxygen atoms in total. The van der Waals surface area contributed by atoms with Crippen LogP contribution >= 0.6 is 23.7 Å². The first kappa shape index (κ1) is 20.4. The summed E-state index contributed by atoms with van der Waals surface area (Å²) in [5, 5.41) is 23.7. The van der Waals surface area contributed by atoms with E-state index in [0.717, 1.165) is 45.7 Å². The molecule has 32 heavy (non-hydrogen) atoms. The van der Waals surface area contributed by atoms with Gasteiger partial charge in [-0.05, 0) is 34.9 Å². The molecule has 0 bridgehead atoms. The number of rotatable bonds is 4. The SMILES string of the molecule is Cl.O=C(Nc1cc2[nH]ncc2cc1-c1ccc2c(c1)CNC2)c1csc(-c2cn[nH]c2)n1. The van der Waals surface area contributed by atoms with E-state index < -0.39 is 0 Å². The van der Waals surface area contributed by atoms with Crippen molar-refractivity contribution in [3.8, 4) is 21.7 Å². The Labute approximate surface area is 192 Å². The maximum atomic E-state index is 13.0. The third-order valence-electron chi connectivity index (χ3n) is 5.46. The van der Waals surface area contributed by atoms with Gasteiger partial charge in [-0.1, -0.05) is 12.1 Å². The molecule has 1 aliphatic rings. The van der Waals surface area contributed by atoms with E-state index in [-0.39, 0.29) is 18.3 Å². The summed E-state index contributed by atoms with van der Waals surface area (Å²) in [7, 11) is 0. The number of hydrogen-bond acceptors (Lipinski definition) is 6.